The second kappa shape index (κ2) is 7.43. The van der Waals surface area contributed by atoms with Crippen LogP contribution < -0.4 is 0 Å². The van der Waals surface area contributed by atoms with Crippen LogP contribution in [0.25, 0.3) is 0 Å². The lowest BCUT2D eigenvalue weighted by Crippen LogP contribution is -2.04. The van der Waals surface area contributed by atoms with Crippen LogP contribution in [-0.2, 0) is 4.79 Å². The van der Waals surface area contributed by atoms with Gasteiger partial charge in [-0.15, -0.1) is 0 Å². The van der Waals surface area contributed by atoms with Crippen molar-refractivity contribution in [1.82, 2.24) is 0 Å². The van der Waals surface area contributed by atoms with Crippen LogP contribution in [0.3, 0.4) is 0 Å². The summed E-state index contributed by atoms with van der Waals surface area (Å²) in [6.07, 6.45) is 12.5. The first kappa shape index (κ1) is 11.1. The Bertz CT molecular complexity index is 124. The minimum absolute atomic E-state index is 0.165. The van der Waals surface area contributed by atoms with E-state index in [4.69, 9.17) is 0 Å². The molecular formula is C11H19OS. The molecule has 2 heteroatoms. The van der Waals surface area contributed by atoms with Crippen molar-refractivity contribution in [3.63, 3.8) is 0 Å². The van der Waals surface area contributed by atoms with Crippen molar-refractivity contribution in [1.29, 1.82) is 0 Å². The summed E-state index contributed by atoms with van der Waals surface area (Å²) in [5.74, 6) is 1.15. The van der Waals surface area contributed by atoms with Gasteiger partial charge in [0.05, 0.1) is 5.25 Å². The van der Waals surface area contributed by atoms with E-state index < -0.39 is 0 Å². The summed E-state index contributed by atoms with van der Waals surface area (Å²) in [7, 11) is 0. The molecule has 1 aliphatic rings. The lowest BCUT2D eigenvalue weighted by atomic mass is 10.1. The Labute approximate surface area is 85.7 Å². The Hall–Kier alpha value is 0.0200. The van der Waals surface area contributed by atoms with E-state index in [0.29, 0.717) is 0 Å². The van der Waals surface area contributed by atoms with Gasteiger partial charge in [0, 0.05) is 0 Å². The number of hydrogen-bond donors (Lipinski definition) is 0. The Morgan fingerprint density at radius 1 is 0.923 bits per heavy atom. The summed E-state index contributed by atoms with van der Waals surface area (Å²) < 4.78 is 0. The molecule has 1 saturated heterocycles. The molecule has 1 heterocycles. The van der Waals surface area contributed by atoms with E-state index in [-0.39, 0.29) is 5.25 Å². The van der Waals surface area contributed by atoms with Crippen LogP contribution in [0.4, 0.5) is 0 Å². The minimum Gasteiger partial charge on any atom is -0.290 e. The van der Waals surface area contributed by atoms with Crippen LogP contribution in [-0.4, -0.2) is 17.3 Å². The smallest absolute Gasteiger partial charge is 0.212 e. The van der Waals surface area contributed by atoms with Crippen molar-refractivity contribution in [2.45, 2.75) is 56.6 Å². The topological polar surface area (TPSA) is 17.1 Å². The Morgan fingerprint density at radius 2 is 1.54 bits per heavy atom. The van der Waals surface area contributed by atoms with E-state index in [1.807, 2.05) is 0 Å². The third kappa shape index (κ3) is 5.35. The van der Waals surface area contributed by atoms with Gasteiger partial charge in [-0.2, -0.15) is 11.8 Å². The van der Waals surface area contributed by atoms with Crippen molar-refractivity contribution in [2.24, 2.45) is 0 Å². The Morgan fingerprint density at radius 3 is 2.23 bits per heavy atom. The zero-order valence-electron chi connectivity index (χ0n) is 8.26. The van der Waals surface area contributed by atoms with E-state index in [1.54, 1.807) is 11.8 Å². The first-order chi connectivity index (χ1) is 6.43. The number of hydrogen-bond acceptors (Lipinski definition) is 2. The van der Waals surface area contributed by atoms with Gasteiger partial charge in [0.1, 0.15) is 0 Å². The number of rotatable bonds is 1. The molecule has 1 atom stereocenters. The molecule has 0 aliphatic carbocycles. The fourth-order valence-electron chi connectivity index (χ4n) is 1.72. The molecule has 1 rings (SSSR count). The highest BCUT2D eigenvalue weighted by Gasteiger charge is 2.08. The molecule has 0 N–H and O–H groups in total. The summed E-state index contributed by atoms with van der Waals surface area (Å²) in [6.45, 7) is 0. The second-order valence-corrected chi connectivity index (χ2v) is 5.05. The largest absolute Gasteiger partial charge is 0.290 e. The highest BCUT2D eigenvalue weighted by molar-refractivity contribution is 8.00. The van der Waals surface area contributed by atoms with Crippen molar-refractivity contribution in [2.75, 3.05) is 5.75 Å². The monoisotopic (exact) mass is 199 g/mol. The maximum absolute atomic E-state index is 10.6. The van der Waals surface area contributed by atoms with E-state index >= 15 is 0 Å². The van der Waals surface area contributed by atoms with Crippen LogP contribution >= 0.6 is 11.8 Å². The van der Waals surface area contributed by atoms with Gasteiger partial charge in [-0.1, -0.05) is 38.5 Å². The van der Waals surface area contributed by atoms with E-state index in [9.17, 15) is 4.79 Å². The SMILES string of the molecule is O=[C]C1CCCCCCCCCS1. The predicted molar refractivity (Wildman–Crippen MR) is 58.9 cm³/mol. The van der Waals surface area contributed by atoms with Crippen LogP contribution in [0.1, 0.15) is 51.4 Å². The molecule has 1 nitrogen and oxygen atoms in total. The molecule has 13 heavy (non-hydrogen) atoms. The molecule has 0 spiro atoms. The van der Waals surface area contributed by atoms with Crippen molar-refractivity contribution in [3.05, 3.63) is 0 Å². The molecule has 0 amide bonds. The average Bonchev–Trinajstić information content (AvgIpc) is 2.22. The van der Waals surface area contributed by atoms with Gasteiger partial charge in [-0.3, -0.25) is 4.79 Å². The quantitative estimate of drug-likeness (QED) is 0.644. The maximum atomic E-state index is 10.6. The van der Waals surface area contributed by atoms with Gasteiger partial charge in [0.15, 0.2) is 0 Å². The standard InChI is InChI=1S/C11H19OS/c12-10-11-8-6-4-2-1-3-5-7-9-13-11/h11H,1-9H2. The molecule has 75 valence electrons. The zero-order valence-corrected chi connectivity index (χ0v) is 9.07. The Balaban J connectivity index is 2.22. The van der Waals surface area contributed by atoms with Gasteiger partial charge in [-0.05, 0) is 18.6 Å². The van der Waals surface area contributed by atoms with E-state index in [2.05, 4.69) is 6.29 Å². The highest BCUT2D eigenvalue weighted by Crippen LogP contribution is 2.20. The van der Waals surface area contributed by atoms with Crippen LogP contribution in [0, 0.1) is 0 Å². The zero-order chi connectivity index (χ0) is 9.36. The van der Waals surface area contributed by atoms with Gasteiger partial charge in [-0.25, -0.2) is 0 Å². The molecule has 1 fully saturated rings. The molecule has 1 aliphatic heterocycles. The summed E-state index contributed by atoms with van der Waals surface area (Å²) in [5.41, 5.74) is 0. The fraction of sp³-hybridized carbons (Fsp3) is 0.909. The third-order valence-electron chi connectivity index (χ3n) is 2.56. The number of carbonyl (C=O) groups excluding carboxylic acids is 1. The lowest BCUT2D eigenvalue weighted by Gasteiger charge is -2.06. The van der Waals surface area contributed by atoms with Crippen molar-refractivity contribution in [3.8, 4) is 0 Å². The molecule has 1 radical (unpaired) electrons. The summed E-state index contributed by atoms with van der Waals surface area (Å²) in [5, 5.41) is 0.165. The van der Waals surface area contributed by atoms with E-state index in [0.717, 1.165) is 12.2 Å². The molecular weight excluding hydrogens is 180 g/mol. The van der Waals surface area contributed by atoms with Crippen molar-refractivity contribution < 1.29 is 4.79 Å². The first-order valence-electron chi connectivity index (χ1n) is 5.43. The molecule has 1 unspecified atom stereocenters. The summed E-state index contributed by atoms with van der Waals surface area (Å²) >= 11 is 1.81. The molecule has 0 aromatic heterocycles. The van der Waals surface area contributed by atoms with Crippen molar-refractivity contribution >= 4 is 18.0 Å². The van der Waals surface area contributed by atoms with Gasteiger partial charge in [0.2, 0.25) is 6.29 Å². The predicted octanol–water partition coefficient (Wildman–Crippen LogP) is 3.33. The van der Waals surface area contributed by atoms with Crippen LogP contribution in [0.2, 0.25) is 0 Å². The maximum Gasteiger partial charge on any atom is 0.212 e. The lowest BCUT2D eigenvalue weighted by molar-refractivity contribution is 0.543. The van der Waals surface area contributed by atoms with Gasteiger partial charge < -0.3 is 0 Å². The van der Waals surface area contributed by atoms with Gasteiger partial charge >= 0.3 is 0 Å². The third-order valence-corrected chi connectivity index (χ3v) is 3.82. The minimum atomic E-state index is 0.165. The average molecular weight is 199 g/mol. The van der Waals surface area contributed by atoms with Crippen LogP contribution in [0.15, 0.2) is 0 Å². The number of thioether (sulfide) groups is 1. The van der Waals surface area contributed by atoms with E-state index in [1.165, 1.54) is 44.9 Å². The normalized spacial score (nSPS) is 27.5. The summed E-state index contributed by atoms with van der Waals surface area (Å²) in [6, 6.07) is 0. The molecule has 0 bridgehead atoms. The Kier molecular flexibility index (Phi) is 6.34. The fourth-order valence-corrected chi connectivity index (χ4v) is 2.77. The molecule has 0 aromatic carbocycles. The molecule has 0 aromatic rings. The summed E-state index contributed by atoms with van der Waals surface area (Å²) in [4.78, 5) is 10.6. The second-order valence-electron chi connectivity index (χ2n) is 3.74. The highest BCUT2D eigenvalue weighted by atomic mass is 32.2. The van der Waals surface area contributed by atoms with Gasteiger partial charge in [0.25, 0.3) is 0 Å². The molecule has 0 saturated carbocycles. The van der Waals surface area contributed by atoms with Crippen LogP contribution in [0.5, 0.6) is 0 Å². The first-order valence-corrected chi connectivity index (χ1v) is 6.47.